The highest BCUT2D eigenvalue weighted by molar-refractivity contribution is 7.14. The van der Waals surface area contributed by atoms with Crippen LogP contribution in [0.1, 0.15) is 20.2 Å². The van der Waals surface area contributed by atoms with Gasteiger partial charge < -0.3 is 11.1 Å². The van der Waals surface area contributed by atoms with E-state index in [4.69, 9.17) is 5.73 Å². The van der Waals surface area contributed by atoms with E-state index in [1.54, 1.807) is 24.4 Å². The summed E-state index contributed by atoms with van der Waals surface area (Å²) in [5, 5.41) is 10.4. The van der Waals surface area contributed by atoms with Crippen molar-refractivity contribution >= 4 is 22.9 Å². The molecule has 1 amide bonds. The summed E-state index contributed by atoms with van der Waals surface area (Å²) in [6.07, 6.45) is 1.59. The maximum atomic E-state index is 11.8. The van der Waals surface area contributed by atoms with Gasteiger partial charge in [-0.1, -0.05) is 0 Å². The number of nitrogens with zero attached hydrogens (tertiary/aromatic N) is 2. The van der Waals surface area contributed by atoms with Crippen LogP contribution >= 0.6 is 11.3 Å². The van der Waals surface area contributed by atoms with Crippen molar-refractivity contribution < 1.29 is 4.79 Å². The Hall–Kier alpha value is -1.95. The van der Waals surface area contributed by atoms with E-state index in [1.807, 2.05) is 6.92 Å². The Morgan fingerprint density at radius 1 is 1.59 bits per heavy atom. The molecule has 3 N–H and O–H groups in total. The average Bonchev–Trinajstić information content (AvgIpc) is 2.68. The number of anilines is 1. The van der Waals surface area contributed by atoms with Gasteiger partial charge in [0.2, 0.25) is 0 Å². The van der Waals surface area contributed by atoms with Gasteiger partial charge in [-0.3, -0.25) is 4.79 Å². The molecule has 5 nitrogen and oxygen atoms in total. The van der Waals surface area contributed by atoms with Crippen molar-refractivity contribution in [3.05, 3.63) is 39.8 Å². The molecule has 0 radical (unpaired) electrons. The Kier molecular flexibility index (Phi) is 3.34. The number of thiophene rings is 1. The summed E-state index contributed by atoms with van der Waals surface area (Å²) in [4.78, 5) is 13.3. The third-order valence-corrected chi connectivity index (χ3v) is 3.30. The van der Waals surface area contributed by atoms with Gasteiger partial charge in [0.25, 0.3) is 5.91 Å². The Balaban J connectivity index is 1.98. The number of nitrogens with two attached hydrogens (primary N) is 1. The maximum absolute atomic E-state index is 11.8. The Morgan fingerprint density at radius 2 is 2.41 bits per heavy atom. The first kappa shape index (κ1) is 11.5. The quantitative estimate of drug-likeness (QED) is 0.859. The van der Waals surface area contributed by atoms with E-state index < -0.39 is 0 Å². The molecule has 2 heterocycles. The van der Waals surface area contributed by atoms with E-state index in [1.165, 1.54) is 11.3 Å². The molecular formula is C11H12N4OS. The Morgan fingerprint density at radius 3 is 3.00 bits per heavy atom. The van der Waals surface area contributed by atoms with Gasteiger partial charge in [0.05, 0.1) is 17.1 Å². The van der Waals surface area contributed by atoms with E-state index in [0.717, 1.165) is 10.6 Å². The average molecular weight is 248 g/mol. The highest BCUT2D eigenvalue weighted by Crippen LogP contribution is 2.23. The second-order valence-corrected chi connectivity index (χ2v) is 4.78. The molecule has 0 aliphatic heterocycles. The fourth-order valence-corrected chi connectivity index (χ4v) is 2.15. The Labute approximate surface area is 103 Å². The molecule has 17 heavy (non-hydrogen) atoms. The third kappa shape index (κ3) is 2.79. The second kappa shape index (κ2) is 4.92. The number of aromatic nitrogens is 2. The standard InChI is InChI=1S/C11H12N4OS/c1-7-9(12)5-10(17-7)11(16)13-6-8-3-2-4-14-15-8/h2-5H,6,12H2,1H3,(H,13,16). The van der Waals surface area contributed by atoms with E-state index in [9.17, 15) is 4.79 Å². The van der Waals surface area contributed by atoms with Crippen molar-refractivity contribution in [3.8, 4) is 0 Å². The van der Waals surface area contributed by atoms with Crippen LogP contribution in [0.5, 0.6) is 0 Å². The Bertz CT molecular complexity index is 504. The molecule has 0 aliphatic rings. The number of nitrogen functional groups attached to an aromatic ring is 1. The molecule has 0 aromatic carbocycles. The van der Waals surface area contributed by atoms with Gasteiger partial charge in [-0.05, 0) is 25.1 Å². The number of amides is 1. The first-order valence-corrected chi connectivity index (χ1v) is 5.89. The van der Waals surface area contributed by atoms with Gasteiger partial charge >= 0.3 is 0 Å². The highest BCUT2D eigenvalue weighted by atomic mass is 32.1. The van der Waals surface area contributed by atoms with E-state index >= 15 is 0 Å². The number of hydrogen-bond acceptors (Lipinski definition) is 5. The predicted molar refractivity (Wildman–Crippen MR) is 66.7 cm³/mol. The minimum atomic E-state index is -0.138. The SMILES string of the molecule is Cc1sc(C(=O)NCc2cccnn2)cc1N. The summed E-state index contributed by atoms with van der Waals surface area (Å²) in [6, 6.07) is 5.27. The molecule has 0 spiro atoms. The molecule has 2 aromatic heterocycles. The zero-order valence-corrected chi connectivity index (χ0v) is 10.1. The molecule has 0 fully saturated rings. The van der Waals surface area contributed by atoms with Gasteiger partial charge in [0.15, 0.2) is 0 Å². The van der Waals surface area contributed by atoms with E-state index in [-0.39, 0.29) is 5.91 Å². The minimum Gasteiger partial charge on any atom is -0.398 e. The lowest BCUT2D eigenvalue weighted by Crippen LogP contribution is -2.22. The summed E-state index contributed by atoms with van der Waals surface area (Å²) in [5.41, 5.74) is 7.07. The van der Waals surface area contributed by atoms with Crippen LogP contribution in [-0.2, 0) is 6.54 Å². The topological polar surface area (TPSA) is 80.9 Å². The van der Waals surface area contributed by atoms with E-state index in [0.29, 0.717) is 17.1 Å². The fraction of sp³-hybridized carbons (Fsp3) is 0.182. The van der Waals surface area contributed by atoms with Crippen molar-refractivity contribution in [2.75, 3.05) is 5.73 Å². The van der Waals surface area contributed by atoms with Gasteiger partial charge in [0.1, 0.15) is 0 Å². The van der Waals surface area contributed by atoms with Gasteiger partial charge in [-0.2, -0.15) is 10.2 Å². The molecule has 2 rings (SSSR count). The molecule has 0 saturated carbocycles. The van der Waals surface area contributed by atoms with Crippen molar-refractivity contribution in [2.24, 2.45) is 0 Å². The van der Waals surface area contributed by atoms with Crippen LogP contribution in [0.2, 0.25) is 0 Å². The molecule has 0 unspecified atom stereocenters. The molecule has 0 saturated heterocycles. The lowest BCUT2D eigenvalue weighted by atomic mass is 10.3. The summed E-state index contributed by atoms with van der Waals surface area (Å²) in [7, 11) is 0. The number of carbonyl (C=O) groups is 1. The van der Waals surface area contributed by atoms with Crippen LogP contribution in [0.4, 0.5) is 5.69 Å². The summed E-state index contributed by atoms with van der Waals surface area (Å²) >= 11 is 1.38. The molecule has 0 bridgehead atoms. The first-order valence-electron chi connectivity index (χ1n) is 5.07. The number of rotatable bonds is 3. The number of nitrogens with one attached hydrogen (secondary N) is 1. The predicted octanol–water partition coefficient (Wildman–Crippen LogP) is 1.36. The molecule has 2 aromatic rings. The normalized spacial score (nSPS) is 10.2. The zero-order chi connectivity index (χ0) is 12.3. The van der Waals surface area contributed by atoms with Crippen molar-refractivity contribution in [1.82, 2.24) is 15.5 Å². The second-order valence-electron chi connectivity index (χ2n) is 3.52. The first-order chi connectivity index (χ1) is 8.16. The van der Waals surface area contributed by atoms with Crippen LogP contribution in [0.25, 0.3) is 0 Å². The smallest absolute Gasteiger partial charge is 0.261 e. The molecular weight excluding hydrogens is 236 g/mol. The van der Waals surface area contributed by atoms with Gasteiger partial charge in [-0.25, -0.2) is 0 Å². The van der Waals surface area contributed by atoms with Crippen LogP contribution in [-0.4, -0.2) is 16.1 Å². The van der Waals surface area contributed by atoms with Gasteiger partial charge in [0, 0.05) is 16.8 Å². The van der Waals surface area contributed by atoms with E-state index in [2.05, 4.69) is 15.5 Å². The fourth-order valence-electron chi connectivity index (χ4n) is 1.29. The lowest BCUT2D eigenvalue weighted by molar-refractivity contribution is 0.0954. The molecule has 6 heteroatoms. The largest absolute Gasteiger partial charge is 0.398 e. The molecule has 88 valence electrons. The molecule has 0 atom stereocenters. The zero-order valence-electron chi connectivity index (χ0n) is 9.30. The van der Waals surface area contributed by atoms with Crippen molar-refractivity contribution in [1.29, 1.82) is 0 Å². The third-order valence-electron chi connectivity index (χ3n) is 2.24. The summed E-state index contributed by atoms with van der Waals surface area (Å²) in [6.45, 7) is 2.25. The van der Waals surface area contributed by atoms with Crippen LogP contribution in [0, 0.1) is 6.92 Å². The lowest BCUT2D eigenvalue weighted by Gasteiger charge is -2.01. The number of carbonyl (C=O) groups excluding carboxylic acids is 1. The highest BCUT2D eigenvalue weighted by Gasteiger charge is 2.10. The number of aryl methyl sites for hydroxylation is 1. The molecule has 0 aliphatic carbocycles. The van der Waals surface area contributed by atoms with Crippen LogP contribution in [0.3, 0.4) is 0 Å². The summed E-state index contributed by atoms with van der Waals surface area (Å²) < 4.78 is 0. The minimum absolute atomic E-state index is 0.138. The van der Waals surface area contributed by atoms with Crippen LogP contribution < -0.4 is 11.1 Å². The maximum Gasteiger partial charge on any atom is 0.261 e. The monoisotopic (exact) mass is 248 g/mol. The van der Waals surface area contributed by atoms with Gasteiger partial charge in [-0.15, -0.1) is 11.3 Å². The number of hydrogen-bond donors (Lipinski definition) is 2. The van der Waals surface area contributed by atoms with Crippen LogP contribution in [0.15, 0.2) is 24.4 Å². The van der Waals surface area contributed by atoms with Crippen molar-refractivity contribution in [3.63, 3.8) is 0 Å². The summed E-state index contributed by atoms with van der Waals surface area (Å²) in [5.74, 6) is -0.138. The van der Waals surface area contributed by atoms with Crippen molar-refractivity contribution in [2.45, 2.75) is 13.5 Å².